The highest BCUT2D eigenvalue weighted by Crippen LogP contribution is 2.25. The molecule has 0 aliphatic carbocycles. The summed E-state index contributed by atoms with van der Waals surface area (Å²) in [5.41, 5.74) is 0.124. The van der Waals surface area contributed by atoms with E-state index in [2.05, 4.69) is 13.2 Å². The summed E-state index contributed by atoms with van der Waals surface area (Å²) < 4.78 is 9.76. The summed E-state index contributed by atoms with van der Waals surface area (Å²) in [6, 6.07) is 3.88. The van der Waals surface area contributed by atoms with Gasteiger partial charge in [0.05, 0.1) is 0 Å². The van der Waals surface area contributed by atoms with Crippen molar-refractivity contribution >= 4 is 29.0 Å². The van der Waals surface area contributed by atoms with Crippen LogP contribution in [0.5, 0.6) is 11.5 Å². The van der Waals surface area contributed by atoms with Crippen LogP contribution >= 0.6 is 11.9 Å². The van der Waals surface area contributed by atoms with Gasteiger partial charge in [-0.3, -0.25) is 9.93 Å². The fourth-order valence-electron chi connectivity index (χ4n) is 1.19. The third kappa shape index (κ3) is 4.38. The van der Waals surface area contributed by atoms with Gasteiger partial charge in [-0.2, -0.15) is 0 Å². The van der Waals surface area contributed by atoms with Crippen molar-refractivity contribution in [3.8, 4) is 11.5 Å². The molecule has 7 heteroatoms. The summed E-state index contributed by atoms with van der Waals surface area (Å²) >= 11 is 0.484. The zero-order valence-corrected chi connectivity index (χ0v) is 11.1. The first-order valence-corrected chi connectivity index (χ1v) is 6.12. The van der Waals surface area contributed by atoms with Gasteiger partial charge < -0.3 is 9.47 Å². The first-order chi connectivity index (χ1) is 9.49. The summed E-state index contributed by atoms with van der Waals surface area (Å²) in [4.78, 5) is 33.8. The van der Waals surface area contributed by atoms with Crippen molar-refractivity contribution in [2.45, 2.75) is 0 Å². The van der Waals surface area contributed by atoms with E-state index >= 15 is 0 Å². The Morgan fingerprint density at radius 2 is 1.45 bits per heavy atom. The Morgan fingerprint density at radius 3 is 1.80 bits per heavy atom. The van der Waals surface area contributed by atoms with Crippen molar-refractivity contribution in [2.75, 3.05) is 0 Å². The molecule has 0 saturated carbocycles. The molecule has 0 unspecified atom stereocenters. The van der Waals surface area contributed by atoms with Crippen molar-refractivity contribution in [3.05, 3.63) is 49.1 Å². The lowest BCUT2D eigenvalue weighted by atomic mass is 10.2. The number of esters is 2. The Balaban J connectivity index is 3.16. The summed E-state index contributed by atoms with van der Waals surface area (Å²) in [6.45, 7) is 6.50. The average molecular weight is 293 g/mol. The molecule has 2 N–H and O–H groups in total. The van der Waals surface area contributed by atoms with Crippen LogP contribution in [0.1, 0.15) is 10.4 Å². The summed E-state index contributed by atoms with van der Waals surface area (Å²) in [7, 11) is 0. The topological polar surface area (TPSA) is 95.7 Å². The molecule has 0 atom stereocenters. The summed E-state index contributed by atoms with van der Waals surface area (Å²) in [6.07, 6.45) is 1.92. The lowest BCUT2D eigenvalue weighted by Crippen LogP contribution is -2.07. The molecular formula is C13H11NO5S. The van der Waals surface area contributed by atoms with Crippen molar-refractivity contribution < 1.29 is 23.9 Å². The minimum atomic E-state index is -0.712. The number of hydrogen-bond donors (Lipinski definition) is 1. The van der Waals surface area contributed by atoms with Crippen LogP contribution in [0.4, 0.5) is 0 Å². The fraction of sp³-hybridized carbons (Fsp3) is 0. The number of nitrogens with two attached hydrogens (primary N) is 1. The average Bonchev–Trinajstić information content (AvgIpc) is 2.45. The van der Waals surface area contributed by atoms with Gasteiger partial charge in [-0.1, -0.05) is 13.2 Å². The second kappa shape index (κ2) is 7.27. The smallest absolute Gasteiger partial charge is 0.335 e. The van der Waals surface area contributed by atoms with E-state index in [-0.39, 0.29) is 17.1 Å². The van der Waals surface area contributed by atoms with Crippen LogP contribution in [0.3, 0.4) is 0 Å². The Morgan fingerprint density at radius 1 is 1.00 bits per heavy atom. The van der Waals surface area contributed by atoms with E-state index in [0.29, 0.717) is 11.9 Å². The lowest BCUT2D eigenvalue weighted by Gasteiger charge is -2.07. The predicted molar refractivity (Wildman–Crippen MR) is 74.2 cm³/mol. The highest BCUT2D eigenvalue weighted by atomic mass is 32.2. The van der Waals surface area contributed by atoms with Gasteiger partial charge >= 0.3 is 11.9 Å². The van der Waals surface area contributed by atoms with Crippen LogP contribution < -0.4 is 14.6 Å². The van der Waals surface area contributed by atoms with Gasteiger partial charge in [0.15, 0.2) is 0 Å². The van der Waals surface area contributed by atoms with Crippen molar-refractivity contribution in [1.29, 1.82) is 0 Å². The SMILES string of the molecule is C=CC(=O)Oc1cc(OC(=O)C=C)cc(C(=O)SN)c1. The van der Waals surface area contributed by atoms with Crippen LogP contribution in [0.15, 0.2) is 43.5 Å². The maximum atomic E-state index is 11.5. The highest BCUT2D eigenvalue weighted by Gasteiger charge is 2.12. The highest BCUT2D eigenvalue weighted by molar-refractivity contribution is 8.12. The fourth-order valence-corrected chi connectivity index (χ4v) is 1.45. The van der Waals surface area contributed by atoms with E-state index in [0.717, 1.165) is 12.2 Å². The molecule has 1 rings (SSSR count). The molecule has 1 aromatic carbocycles. The molecule has 0 amide bonds. The molecule has 0 saturated heterocycles. The van der Waals surface area contributed by atoms with Gasteiger partial charge in [-0.05, 0) is 24.1 Å². The van der Waals surface area contributed by atoms with Gasteiger partial charge in [0.25, 0.3) is 0 Å². The third-order valence-corrected chi connectivity index (χ3v) is 2.44. The molecule has 0 fully saturated rings. The van der Waals surface area contributed by atoms with Gasteiger partial charge in [0.1, 0.15) is 11.5 Å². The second-order valence-corrected chi connectivity index (χ2v) is 3.96. The Kier molecular flexibility index (Phi) is 5.70. The van der Waals surface area contributed by atoms with E-state index in [1.807, 2.05) is 0 Å². The molecule has 6 nitrogen and oxygen atoms in total. The molecule has 104 valence electrons. The molecule has 0 spiro atoms. The van der Waals surface area contributed by atoms with E-state index in [9.17, 15) is 14.4 Å². The monoisotopic (exact) mass is 293 g/mol. The molecule has 0 radical (unpaired) electrons. The van der Waals surface area contributed by atoms with Crippen molar-refractivity contribution in [2.24, 2.45) is 5.14 Å². The van der Waals surface area contributed by atoms with Gasteiger partial charge in [-0.15, -0.1) is 0 Å². The van der Waals surface area contributed by atoms with Crippen molar-refractivity contribution in [1.82, 2.24) is 0 Å². The number of hydrogen-bond acceptors (Lipinski definition) is 7. The van der Waals surface area contributed by atoms with E-state index in [1.54, 1.807) is 0 Å². The van der Waals surface area contributed by atoms with Crippen molar-refractivity contribution in [3.63, 3.8) is 0 Å². The van der Waals surface area contributed by atoms with Crippen LogP contribution in [0.25, 0.3) is 0 Å². The Bertz CT molecular complexity index is 542. The first-order valence-electron chi connectivity index (χ1n) is 5.24. The van der Waals surface area contributed by atoms with E-state index in [4.69, 9.17) is 14.6 Å². The van der Waals surface area contributed by atoms with E-state index in [1.165, 1.54) is 18.2 Å². The quantitative estimate of drug-likeness (QED) is 0.381. The standard InChI is InChI=1S/C13H11NO5S/c1-3-11(15)18-9-5-8(13(17)20-14)6-10(7-9)19-12(16)4-2/h3-7H,1-2,14H2. The predicted octanol–water partition coefficient (Wildman–Crippen LogP) is 1.62. The maximum Gasteiger partial charge on any atom is 0.335 e. The molecule has 0 aliphatic heterocycles. The first kappa shape index (κ1) is 15.7. The zero-order chi connectivity index (χ0) is 15.1. The Labute approximate surface area is 119 Å². The zero-order valence-electron chi connectivity index (χ0n) is 10.3. The molecule has 20 heavy (non-hydrogen) atoms. The molecule has 0 heterocycles. The molecule has 0 aliphatic rings. The van der Waals surface area contributed by atoms with E-state index < -0.39 is 17.1 Å². The second-order valence-electron chi connectivity index (χ2n) is 3.35. The Hall–Kier alpha value is -2.38. The van der Waals surface area contributed by atoms with Crippen LogP contribution in [-0.2, 0) is 9.59 Å². The van der Waals surface area contributed by atoms with Crippen LogP contribution in [0.2, 0.25) is 0 Å². The third-order valence-electron chi connectivity index (χ3n) is 1.99. The van der Waals surface area contributed by atoms with Gasteiger partial charge in [-0.25, -0.2) is 9.59 Å². The molecule has 0 aromatic heterocycles. The number of ether oxygens (including phenoxy) is 2. The molecule has 0 bridgehead atoms. The summed E-state index contributed by atoms with van der Waals surface area (Å²) in [5, 5.41) is 4.70. The van der Waals surface area contributed by atoms with Crippen LogP contribution in [0, 0.1) is 0 Å². The number of carbonyl (C=O) groups excluding carboxylic acids is 3. The lowest BCUT2D eigenvalue weighted by molar-refractivity contribution is -0.129. The van der Waals surface area contributed by atoms with Gasteiger partial charge in [0.2, 0.25) is 5.12 Å². The normalized spacial score (nSPS) is 9.45. The maximum absolute atomic E-state index is 11.5. The minimum absolute atomic E-state index is 0.0293. The number of carbonyl (C=O) groups is 3. The minimum Gasteiger partial charge on any atom is -0.423 e. The number of rotatable bonds is 5. The molecule has 1 aromatic rings. The molecular weight excluding hydrogens is 282 g/mol. The number of benzene rings is 1. The van der Waals surface area contributed by atoms with Gasteiger partial charge in [0, 0.05) is 23.8 Å². The largest absolute Gasteiger partial charge is 0.423 e. The summed E-state index contributed by atoms with van der Waals surface area (Å²) in [5.74, 6) is -1.37. The van der Waals surface area contributed by atoms with Crippen LogP contribution in [-0.4, -0.2) is 17.1 Å².